The summed E-state index contributed by atoms with van der Waals surface area (Å²) >= 11 is 0. The molecule has 0 radical (unpaired) electrons. The van der Waals surface area contributed by atoms with Crippen molar-refractivity contribution >= 4 is 27.7 Å². The maximum atomic E-state index is 12.5. The first-order valence-corrected chi connectivity index (χ1v) is 11.3. The van der Waals surface area contributed by atoms with Gasteiger partial charge < -0.3 is 5.32 Å². The normalized spacial score (nSPS) is 15.1. The van der Waals surface area contributed by atoms with E-state index in [1.54, 1.807) is 30.3 Å². The minimum absolute atomic E-state index is 0.118. The van der Waals surface area contributed by atoms with E-state index in [-0.39, 0.29) is 10.5 Å². The number of rotatable bonds is 6. The molecular weight excluding hydrogens is 420 g/mol. The molecule has 1 atom stereocenters. The van der Waals surface area contributed by atoms with Crippen molar-refractivity contribution in [3.8, 4) is 0 Å². The molecule has 1 heterocycles. The number of hydrogen-bond acceptors (Lipinski definition) is 5. The summed E-state index contributed by atoms with van der Waals surface area (Å²) < 4.78 is 26.5. The fourth-order valence-corrected chi connectivity index (χ4v) is 4.61. The van der Waals surface area contributed by atoms with Crippen LogP contribution in [0.5, 0.6) is 0 Å². The van der Waals surface area contributed by atoms with Crippen molar-refractivity contribution in [2.24, 2.45) is 0 Å². The van der Waals surface area contributed by atoms with Crippen molar-refractivity contribution in [1.29, 1.82) is 0 Å². The molecule has 0 spiro atoms. The fourth-order valence-electron chi connectivity index (χ4n) is 3.09. The van der Waals surface area contributed by atoms with Crippen LogP contribution >= 0.6 is 0 Å². The smallest absolute Gasteiger partial charge is 0.269 e. The van der Waals surface area contributed by atoms with Crippen LogP contribution in [0.15, 0.2) is 59.5 Å². The van der Waals surface area contributed by atoms with Gasteiger partial charge >= 0.3 is 0 Å². The van der Waals surface area contributed by atoms with E-state index in [0.717, 1.165) is 12.8 Å². The molecule has 2 aromatic rings. The minimum Gasteiger partial charge on any atom is -0.340 e. The summed E-state index contributed by atoms with van der Waals surface area (Å²) in [5, 5.41) is 2.54. The molecule has 0 aliphatic carbocycles. The van der Waals surface area contributed by atoms with Crippen molar-refractivity contribution in [2.75, 3.05) is 13.1 Å². The number of hydrazine groups is 1. The summed E-state index contributed by atoms with van der Waals surface area (Å²) in [6, 6.07) is 13.0. The van der Waals surface area contributed by atoms with Gasteiger partial charge in [-0.05, 0) is 56.2 Å². The Morgan fingerprint density at radius 3 is 2.03 bits per heavy atom. The molecule has 3 N–H and O–H groups in total. The second kappa shape index (κ2) is 9.71. The van der Waals surface area contributed by atoms with E-state index in [0.29, 0.717) is 18.7 Å². The molecule has 3 amide bonds. The van der Waals surface area contributed by atoms with Crippen molar-refractivity contribution in [2.45, 2.75) is 30.7 Å². The number of hydrogen-bond donors (Lipinski definition) is 3. The molecule has 1 saturated heterocycles. The Hall–Kier alpha value is -3.24. The summed E-state index contributed by atoms with van der Waals surface area (Å²) in [4.78, 5) is 36.6. The molecule has 10 heteroatoms. The zero-order valence-corrected chi connectivity index (χ0v) is 17.8. The standard InChI is InChI=1S/C21H24N4O5S/c1-15(22-20(27)16-7-3-2-4-8-16)19(26)23-24-21(28)17-9-11-18(12-10-17)31(29,30)25-13-5-6-14-25/h2-4,7-12,15H,5-6,13-14H2,1H3,(H,22,27)(H,23,26)(H,24,28)/t15-/m0/s1. The highest BCUT2D eigenvalue weighted by Gasteiger charge is 2.27. The van der Waals surface area contributed by atoms with Gasteiger partial charge in [-0.15, -0.1) is 0 Å². The summed E-state index contributed by atoms with van der Waals surface area (Å²) in [5.41, 5.74) is 5.10. The summed E-state index contributed by atoms with van der Waals surface area (Å²) in [5.74, 6) is -1.63. The third-order valence-corrected chi connectivity index (χ3v) is 6.81. The van der Waals surface area contributed by atoms with Gasteiger partial charge in [0, 0.05) is 24.2 Å². The minimum atomic E-state index is -3.56. The van der Waals surface area contributed by atoms with E-state index >= 15 is 0 Å². The van der Waals surface area contributed by atoms with Gasteiger partial charge in [0.15, 0.2) is 0 Å². The zero-order chi connectivity index (χ0) is 22.4. The largest absolute Gasteiger partial charge is 0.340 e. The van der Waals surface area contributed by atoms with Crippen LogP contribution in [-0.2, 0) is 14.8 Å². The molecule has 164 valence electrons. The zero-order valence-electron chi connectivity index (χ0n) is 17.0. The number of nitrogens with one attached hydrogen (secondary N) is 3. The highest BCUT2D eigenvalue weighted by atomic mass is 32.2. The van der Waals surface area contributed by atoms with Gasteiger partial charge in [0.25, 0.3) is 17.7 Å². The SMILES string of the molecule is C[C@H](NC(=O)c1ccccc1)C(=O)NNC(=O)c1ccc(S(=O)(=O)N2CCCC2)cc1. The lowest BCUT2D eigenvalue weighted by Crippen LogP contribution is -2.51. The molecule has 0 bridgehead atoms. The van der Waals surface area contributed by atoms with E-state index in [1.807, 2.05) is 0 Å². The van der Waals surface area contributed by atoms with Crippen molar-refractivity contribution in [3.05, 3.63) is 65.7 Å². The molecule has 9 nitrogen and oxygen atoms in total. The number of benzene rings is 2. The second-order valence-corrected chi connectivity index (χ2v) is 9.08. The molecule has 31 heavy (non-hydrogen) atoms. The average molecular weight is 445 g/mol. The topological polar surface area (TPSA) is 125 Å². The third kappa shape index (κ3) is 5.47. The molecule has 0 aromatic heterocycles. The van der Waals surface area contributed by atoms with Crippen molar-refractivity contribution < 1.29 is 22.8 Å². The maximum absolute atomic E-state index is 12.5. The van der Waals surface area contributed by atoms with Crippen molar-refractivity contribution in [3.63, 3.8) is 0 Å². The van der Waals surface area contributed by atoms with Crippen LogP contribution in [0, 0.1) is 0 Å². The highest BCUT2D eigenvalue weighted by Crippen LogP contribution is 2.21. The van der Waals surface area contributed by atoms with Gasteiger partial charge in [-0.1, -0.05) is 18.2 Å². The third-order valence-electron chi connectivity index (χ3n) is 4.90. The van der Waals surface area contributed by atoms with Gasteiger partial charge in [0.1, 0.15) is 6.04 Å². The molecule has 1 aliphatic heterocycles. The molecule has 2 aromatic carbocycles. The molecule has 1 fully saturated rings. The van der Waals surface area contributed by atoms with Crippen LogP contribution in [0.4, 0.5) is 0 Å². The molecular formula is C21H24N4O5S. The fraction of sp³-hybridized carbons (Fsp3) is 0.286. The average Bonchev–Trinajstić information content (AvgIpc) is 3.33. The van der Waals surface area contributed by atoms with Crippen LogP contribution in [0.3, 0.4) is 0 Å². The Bertz CT molecular complexity index is 1050. The van der Waals surface area contributed by atoms with E-state index in [1.165, 1.54) is 35.5 Å². The van der Waals surface area contributed by atoms with E-state index < -0.39 is 33.8 Å². The van der Waals surface area contributed by atoms with Crippen LogP contribution in [-0.4, -0.2) is 49.6 Å². The Balaban J connectivity index is 1.53. The summed E-state index contributed by atoms with van der Waals surface area (Å²) in [7, 11) is -3.56. The Morgan fingerprint density at radius 1 is 0.839 bits per heavy atom. The molecule has 0 unspecified atom stereocenters. The van der Waals surface area contributed by atoms with Gasteiger partial charge in [-0.3, -0.25) is 25.2 Å². The maximum Gasteiger partial charge on any atom is 0.269 e. The molecule has 0 saturated carbocycles. The van der Waals surface area contributed by atoms with Crippen LogP contribution in [0.2, 0.25) is 0 Å². The Morgan fingerprint density at radius 2 is 1.42 bits per heavy atom. The number of carbonyl (C=O) groups excluding carboxylic acids is 3. The molecule has 1 aliphatic rings. The van der Waals surface area contributed by atoms with E-state index in [9.17, 15) is 22.8 Å². The van der Waals surface area contributed by atoms with Crippen molar-refractivity contribution in [1.82, 2.24) is 20.5 Å². The first kappa shape index (κ1) is 22.4. The van der Waals surface area contributed by atoms with E-state index in [2.05, 4.69) is 16.2 Å². The monoisotopic (exact) mass is 444 g/mol. The number of amides is 3. The van der Waals surface area contributed by atoms with Crippen LogP contribution < -0.4 is 16.2 Å². The van der Waals surface area contributed by atoms with Crippen LogP contribution in [0.25, 0.3) is 0 Å². The predicted molar refractivity (Wildman–Crippen MR) is 113 cm³/mol. The van der Waals surface area contributed by atoms with Crippen LogP contribution in [0.1, 0.15) is 40.5 Å². The van der Waals surface area contributed by atoms with Gasteiger partial charge in [-0.2, -0.15) is 4.31 Å². The van der Waals surface area contributed by atoms with Gasteiger partial charge in [0.05, 0.1) is 4.90 Å². The Labute approximate surface area is 180 Å². The number of sulfonamides is 1. The van der Waals surface area contributed by atoms with Gasteiger partial charge in [0.2, 0.25) is 10.0 Å². The first-order chi connectivity index (χ1) is 14.8. The van der Waals surface area contributed by atoms with E-state index in [4.69, 9.17) is 0 Å². The second-order valence-electron chi connectivity index (χ2n) is 7.14. The number of nitrogens with zero attached hydrogens (tertiary/aromatic N) is 1. The lowest BCUT2D eigenvalue weighted by atomic mass is 10.2. The summed E-state index contributed by atoms with van der Waals surface area (Å²) in [6.45, 7) is 2.48. The lowest BCUT2D eigenvalue weighted by Gasteiger charge is -2.16. The first-order valence-electron chi connectivity index (χ1n) is 9.85. The lowest BCUT2D eigenvalue weighted by molar-refractivity contribution is -0.123. The summed E-state index contributed by atoms with van der Waals surface area (Å²) in [6.07, 6.45) is 1.67. The highest BCUT2D eigenvalue weighted by molar-refractivity contribution is 7.89. The predicted octanol–water partition coefficient (Wildman–Crippen LogP) is 1.05. The molecule has 3 rings (SSSR count). The number of carbonyl (C=O) groups is 3. The Kier molecular flexibility index (Phi) is 7.03. The quantitative estimate of drug-likeness (QED) is 0.575. The van der Waals surface area contributed by atoms with Gasteiger partial charge in [-0.25, -0.2) is 8.42 Å².